The first-order chi connectivity index (χ1) is 7.09. The molecule has 0 radical (unpaired) electrons. The summed E-state index contributed by atoms with van der Waals surface area (Å²) in [7, 11) is 1.80. The summed E-state index contributed by atoms with van der Waals surface area (Å²) >= 11 is 0. The molecule has 1 aliphatic heterocycles. The molecule has 15 heavy (non-hydrogen) atoms. The van der Waals surface area contributed by atoms with Gasteiger partial charge in [0.15, 0.2) is 0 Å². The van der Waals surface area contributed by atoms with E-state index < -0.39 is 0 Å². The maximum Gasteiger partial charge on any atom is 0.0749 e. The van der Waals surface area contributed by atoms with E-state index in [1.54, 1.807) is 7.11 Å². The molecule has 0 aromatic rings. The van der Waals surface area contributed by atoms with E-state index in [1.807, 2.05) is 0 Å². The van der Waals surface area contributed by atoms with Crippen LogP contribution in [0.15, 0.2) is 0 Å². The Morgan fingerprint density at radius 1 is 1.27 bits per heavy atom. The molecule has 88 valence electrons. The lowest BCUT2D eigenvalue weighted by atomic mass is 10.1. The molecule has 0 amide bonds. The van der Waals surface area contributed by atoms with Gasteiger partial charge < -0.3 is 10.1 Å². The van der Waals surface area contributed by atoms with Crippen LogP contribution in [0, 0.1) is 0 Å². The van der Waals surface area contributed by atoms with E-state index >= 15 is 0 Å². The average molecular weight is 212 g/mol. The van der Waals surface area contributed by atoms with Gasteiger partial charge in [-0.05, 0) is 39.7 Å². The van der Waals surface area contributed by atoms with E-state index in [9.17, 15) is 0 Å². The van der Waals surface area contributed by atoms with E-state index in [1.165, 1.54) is 32.4 Å². The molecule has 1 saturated heterocycles. The topological polar surface area (TPSA) is 24.5 Å². The zero-order valence-corrected chi connectivity index (χ0v) is 10.3. The van der Waals surface area contributed by atoms with E-state index in [2.05, 4.69) is 24.1 Å². The van der Waals surface area contributed by atoms with Crippen molar-refractivity contribution in [2.75, 3.05) is 26.7 Å². The average Bonchev–Trinajstić information content (AvgIpc) is 2.88. The van der Waals surface area contributed by atoms with Crippen molar-refractivity contribution in [3.63, 3.8) is 0 Å². The Morgan fingerprint density at radius 2 is 2.00 bits per heavy atom. The summed E-state index contributed by atoms with van der Waals surface area (Å²) in [5.41, 5.74) is -0.00549. The summed E-state index contributed by atoms with van der Waals surface area (Å²) < 4.78 is 5.47. The second kappa shape index (κ2) is 4.40. The van der Waals surface area contributed by atoms with Gasteiger partial charge in [-0.2, -0.15) is 0 Å². The standard InChI is InChI=1S/C12H24N2O/c1-12(2,15-3)9-14-7-6-11(8-14)13-10-4-5-10/h10-11,13H,4-9H2,1-3H3. The summed E-state index contributed by atoms with van der Waals surface area (Å²) in [4.78, 5) is 2.52. The second-order valence-electron chi connectivity index (χ2n) is 5.63. The summed E-state index contributed by atoms with van der Waals surface area (Å²) in [6.45, 7) is 7.79. The quantitative estimate of drug-likeness (QED) is 0.742. The Bertz CT molecular complexity index is 214. The van der Waals surface area contributed by atoms with E-state index in [0.717, 1.165) is 18.6 Å². The predicted octanol–water partition coefficient (Wildman–Crippen LogP) is 1.24. The molecule has 1 heterocycles. The minimum absolute atomic E-state index is 0.00549. The van der Waals surface area contributed by atoms with Gasteiger partial charge in [0.25, 0.3) is 0 Å². The molecule has 0 aromatic heterocycles. The zero-order valence-electron chi connectivity index (χ0n) is 10.3. The minimum atomic E-state index is -0.00549. The third kappa shape index (κ3) is 3.44. The Hall–Kier alpha value is -0.120. The van der Waals surface area contributed by atoms with Crippen LogP contribution in [0.25, 0.3) is 0 Å². The van der Waals surface area contributed by atoms with Gasteiger partial charge in [-0.25, -0.2) is 0 Å². The molecular formula is C12H24N2O. The second-order valence-corrected chi connectivity index (χ2v) is 5.63. The van der Waals surface area contributed by atoms with Crippen LogP contribution < -0.4 is 5.32 Å². The first-order valence-electron chi connectivity index (χ1n) is 6.12. The highest BCUT2D eigenvalue weighted by molar-refractivity contribution is 4.90. The van der Waals surface area contributed by atoms with Crippen LogP contribution in [0.1, 0.15) is 33.1 Å². The first-order valence-corrected chi connectivity index (χ1v) is 6.12. The maximum absolute atomic E-state index is 5.47. The zero-order chi connectivity index (χ0) is 10.9. The summed E-state index contributed by atoms with van der Waals surface area (Å²) in [6.07, 6.45) is 4.08. The van der Waals surface area contributed by atoms with Crippen molar-refractivity contribution in [2.45, 2.75) is 50.8 Å². The molecule has 1 saturated carbocycles. The monoisotopic (exact) mass is 212 g/mol. The molecule has 1 N–H and O–H groups in total. The fourth-order valence-corrected chi connectivity index (χ4v) is 2.30. The lowest BCUT2D eigenvalue weighted by Crippen LogP contribution is -2.41. The van der Waals surface area contributed by atoms with E-state index in [-0.39, 0.29) is 5.60 Å². The van der Waals surface area contributed by atoms with E-state index in [0.29, 0.717) is 0 Å². The van der Waals surface area contributed by atoms with Crippen molar-refractivity contribution < 1.29 is 4.74 Å². The molecule has 2 rings (SSSR count). The lowest BCUT2D eigenvalue weighted by Gasteiger charge is -2.28. The van der Waals surface area contributed by atoms with Crippen LogP contribution in [0.4, 0.5) is 0 Å². The van der Waals surface area contributed by atoms with Crippen LogP contribution >= 0.6 is 0 Å². The predicted molar refractivity (Wildman–Crippen MR) is 62.1 cm³/mol. The van der Waals surface area contributed by atoms with Crippen molar-refractivity contribution in [1.29, 1.82) is 0 Å². The Kier molecular flexibility index (Phi) is 3.33. The Labute approximate surface area is 93.2 Å². The van der Waals surface area contributed by atoms with Gasteiger partial charge in [0, 0.05) is 32.3 Å². The van der Waals surface area contributed by atoms with Gasteiger partial charge in [-0.15, -0.1) is 0 Å². The molecule has 1 aliphatic carbocycles. The van der Waals surface area contributed by atoms with Crippen LogP contribution in [0.3, 0.4) is 0 Å². The Balaban J connectivity index is 1.71. The molecule has 0 aromatic carbocycles. The Morgan fingerprint density at radius 3 is 2.60 bits per heavy atom. The largest absolute Gasteiger partial charge is 0.377 e. The summed E-state index contributed by atoms with van der Waals surface area (Å²) in [5, 5.41) is 3.70. The van der Waals surface area contributed by atoms with Crippen molar-refractivity contribution in [3.8, 4) is 0 Å². The number of nitrogens with one attached hydrogen (secondary N) is 1. The van der Waals surface area contributed by atoms with Crippen molar-refractivity contribution in [2.24, 2.45) is 0 Å². The van der Waals surface area contributed by atoms with E-state index in [4.69, 9.17) is 4.74 Å². The van der Waals surface area contributed by atoms with Crippen molar-refractivity contribution >= 4 is 0 Å². The fraction of sp³-hybridized carbons (Fsp3) is 1.00. The van der Waals surface area contributed by atoms with Gasteiger partial charge in [-0.1, -0.05) is 0 Å². The molecule has 1 atom stereocenters. The van der Waals surface area contributed by atoms with Crippen molar-refractivity contribution in [1.82, 2.24) is 10.2 Å². The lowest BCUT2D eigenvalue weighted by molar-refractivity contribution is -0.00286. The van der Waals surface area contributed by atoms with Gasteiger partial charge in [0.1, 0.15) is 0 Å². The van der Waals surface area contributed by atoms with Crippen LogP contribution in [0.5, 0.6) is 0 Å². The molecule has 1 unspecified atom stereocenters. The molecule has 3 heteroatoms. The van der Waals surface area contributed by atoms with Gasteiger partial charge in [0.2, 0.25) is 0 Å². The van der Waals surface area contributed by atoms with Crippen molar-refractivity contribution in [3.05, 3.63) is 0 Å². The normalized spacial score (nSPS) is 28.6. The first kappa shape index (κ1) is 11.4. The third-order valence-corrected chi connectivity index (χ3v) is 3.48. The number of nitrogens with zero attached hydrogens (tertiary/aromatic N) is 1. The highest BCUT2D eigenvalue weighted by Gasteiger charge is 2.31. The molecule has 0 bridgehead atoms. The minimum Gasteiger partial charge on any atom is -0.377 e. The maximum atomic E-state index is 5.47. The van der Waals surface area contributed by atoms with Crippen LogP contribution in [-0.4, -0.2) is 49.3 Å². The smallest absolute Gasteiger partial charge is 0.0749 e. The highest BCUT2D eigenvalue weighted by Crippen LogP contribution is 2.22. The van der Waals surface area contributed by atoms with Gasteiger partial charge in [-0.3, -0.25) is 4.90 Å². The number of hydrogen-bond donors (Lipinski definition) is 1. The third-order valence-electron chi connectivity index (χ3n) is 3.48. The molecule has 2 aliphatic rings. The number of likely N-dealkylation sites (tertiary alicyclic amines) is 1. The number of hydrogen-bond acceptors (Lipinski definition) is 3. The molecular weight excluding hydrogens is 188 g/mol. The highest BCUT2D eigenvalue weighted by atomic mass is 16.5. The van der Waals surface area contributed by atoms with Crippen LogP contribution in [-0.2, 0) is 4.74 Å². The van der Waals surface area contributed by atoms with Crippen LogP contribution in [0.2, 0.25) is 0 Å². The van der Waals surface area contributed by atoms with Gasteiger partial charge >= 0.3 is 0 Å². The molecule has 2 fully saturated rings. The number of ether oxygens (including phenoxy) is 1. The SMILES string of the molecule is COC(C)(C)CN1CCC(NC2CC2)C1. The summed E-state index contributed by atoms with van der Waals surface area (Å²) in [6, 6.07) is 1.57. The fourth-order valence-electron chi connectivity index (χ4n) is 2.30. The molecule has 0 spiro atoms. The molecule has 3 nitrogen and oxygen atoms in total. The number of rotatable bonds is 5. The summed E-state index contributed by atoms with van der Waals surface area (Å²) in [5.74, 6) is 0. The number of methoxy groups -OCH3 is 1. The van der Waals surface area contributed by atoms with Gasteiger partial charge in [0.05, 0.1) is 5.60 Å².